The number of nitrogens with zero attached hydrogens (tertiary/aromatic N) is 3. The van der Waals surface area contributed by atoms with E-state index < -0.39 is 0 Å². The van der Waals surface area contributed by atoms with Gasteiger partial charge in [0.25, 0.3) is 0 Å². The van der Waals surface area contributed by atoms with E-state index >= 15 is 0 Å². The first kappa shape index (κ1) is 24.7. The van der Waals surface area contributed by atoms with Gasteiger partial charge in [-0.2, -0.15) is 0 Å². The van der Waals surface area contributed by atoms with E-state index in [4.69, 9.17) is 14.7 Å². The van der Waals surface area contributed by atoms with Crippen LogP contribution in [0.15, 0.2) is 10.4 Å². The molecule has 0 bridgehead atoms. The molecule has 1 aliphatic carbocycles. The third-order valence-electron chi connectivity index (χ3n) is 6.01. The maximum absolute atomic E-state index is 5.35. The molecule has 1 aliphatic heterocycles. The second-order valence-corrected chi connectivity index (χ2v) is 8.97. The number of hydrogen-bond acceptors (Lipinski definition) is 5. The Bertz CT molecular complexity index is 612. The van der Waals surface area contributed by atoms with Gasteiger partial charge in [-0.05, 0) is 44.4 Å². The number of aromatic nitrogens is 1. The van der Waals surface area contributed by atoms with Crippen LogP contribution in [0, 0.1) is 5.41 Å². The molecule has 0 unspecified atom stereocenters. The van der Waals surface area contributed by atoms with Crippen molar-refractivity contribution >= 4 is 46.4 Å². The highest BCUT2D eigenvalue weighted by Gasteiger charge is 2.33. The van der Waals surface area contributed by atoms with Gasteiger partial charge in [0.1, 0.15) is 0 Å². The minimum Gasteiger partial charge on any atom is -0.385 e. The quantitative estimate of drug-likeness (QED) is 0.269. The van der Waals surface area contributed by atoms with Crippen LogP contribution in [0.4, 0.5) is 5.13 Å². The molecule has 0 radical (unpaired) electrons. The average Bonchev–Trinajstić information content (AvgIpc) is 3.46. The highest BCUT2D eigenvalue weighted by atomic mass is 127. The van der Waals surface area contributed by atoms with Gasteiger partial charge < -0.3 is 20.3 Å². The molecule has 1 saturated heterocycles. The van der Waals surface area contributed by atoms with E-state index in [1.165, 1.54) is 49.4 Å². The van der Waals surface area contributed by atoms with Gasteiger partial charge in [0.15, 0.2) is 11.1 Å². The maximum Gasteiger partial charge on any atom is 0.191 e. The van der Waals surface area contributed by atoms with Crippen LogP contribution in [0.5, 0.6) is 0 Å². The largest absolute Gasteiger partial charge is 0.385 e. The predicted octanol–water partition coefficient (Wildman–Crippen LogP) is 4.06. The normalized spacial score (nSPS) is 18.7. The zero-order valence-electron chi connectivity index (χ0n) is 18.0. The van der Waals surface area contributed by atoms with Crippen molar-refractivity contribution in [1.82, 2.24) is 15.6 Å². The van der Waals surface area contributed by atoms with Crippen LogP contribution in [0.25, 0.3) is 0 Å². The lowest BCUT2D eigenvalue weighted by molar-refractivity contribution is 0.141. The molecule has 2 fully saturated rings. The van der Waals surface area contributed by atoms with Crippen LogP contribution in [-0.4, -0.2) is 57.4 Å². The third-order valence-corrected chi connectivity index (χ3v) is 6.96. The number of rotatable bonds is 10. The zero-order chi connectivity index (χ0) is 19.7. The topological polar surface area (TPSA) is 61.8 Å². The van der Waals surface area contributed by atoms with Gasteiger partial charge in [-0.1, -0.05) is 12.8 Å². The van der Waals surface area contributed by atoms with Gasteiger partial charge in [0.2, 0.25) is 0 Å². The van der Waals surface area contributed by atoms with E-state index in [-0.39, 0.29) is 24.0 Å². The fourth-order valence-electron chi connectivity index (χ4n) is 4.29. The number of anilines is 1. The molecule has 3 rings (SSSR count). The molecule has 29 heavy (non-hydrogen) atoms. The van der Waals surface area contributed by atoms with Crippen LogP contribution in [-0.2, 0) is 11.2 Å². The number of thiazole rings is 1. The van der Waals surface area contributed by atoms with E-state index in [2.05, 4.69) is 27.8 Å². The molecule has 1 saturated carbocycles. The molecule has 0 spiro atoms. The second-order valence-electron chi connectivity index (χ2n) is 8.14. The molecule has 1 aromatic heterocycles. The Labute approximate surface area is 197 Å². The van der Waals surface area contributed by atoms with Gasteiger partial charge in [0, 0.05) is 58.2 Å². The second kappa shape index (κ2) is 12.9. The summed E-state index contributed by atoms with van der Waals surface area (Å²) in [4.78, 5) is 12.2. The lowest BCUT2D eigenvalue weighted by Crippen LogP contribution is -2.39. The zero-order valence-corrected chi connectivity index (χ0v) is 21.2. The van der Waals surface area contributed by atoms with Crippen molar-refractivity contribution in [2.45, 2.75) is 58.3 Å². The summed E-state index contributed by atoms with van der Waals surface area (Å²) in [7, 11) is 1.80. The van der Waals surface area contributed by atoms with Crippen molar-refractivity contribution in [2.75, 3.05) is 51.3 Å². The molecule has 2 N–H and O–H groups in total. The van der Waals surface area contributed by atoms with Crippen LogP contribution in [0.3, 0.4) is 0 Å². The molecular formula is C21H38IN5OS. The smallest absolute Gasteiger partial charge is 0.191 e. The summed E-state index contributed by atoms with van der Waals surface area (Å²) in [6.45, 7) is 7.91. The minimum atomic E-state index is 0. The summed E-state index contributed by atoms with van der Waals surface area (Å²) in [5.74, 6) is 0.932. The molecule has 1 aromatic rings. The average molecular weight is 536 g/mol. The van der Waals surface area contributed by atoms with Gasteiger partial charge in [0.05, 0.1) is 5.69 Å². The van der Waals surface area contributed by atoms with E-state index in [1.54, 1.807) is 18.4 Å². The van der Waals surface area contributed by atoms with Crippen molar-refractivity contribution in [2.24, 2.45) is 10.4 Å². The number of hydrogen-bond donors (Lipinski definition) is 2. The molecule has 8 heteroatoms. The van der Waals surface area contributed by atoms with E-state index in [0.29, 0.717) is 5.41 Å². The molecule has 2 heterocycles. The number of halogens is 1. The summed E-state index contributed by atoms with van der Waals surface area (Å²) in [6, 6.07) is 0. The van der Waals surface area contributed by atoms with Crippen LogP contribution in [0.2, 0.25) is 0 Å². The predicted molar refractivity (Wildman–Crippen MR) is 134 cm³/mol. The van der Waals surface area contributed by atoms with Gasteiger partial charge in [-0.15, -0.1) is 35.3 Å². The number of guanidine groups is 1. The standard InChI is InChI=1S/C21H37N5OS.HI/c1-3-22-19(24-17-21(11-15-27-2)9-4-5-10-21)23-12-8-18-16-28-20(25-18)26-13-6-7-14-26;/h16H,3-15,17H2,1-2H3,(H2,22,23,24);1H. The number of nitrogens with one attached hydrogen (secondary N) is 2. The Balaban J connectivity index is 0.00000300. The van der Waals surface area contributed by atoms with Crippen molar-refractivity contribution in [3.63, 3.8) is 0 Å². The molecule has 2 aliphatic rings. The van der Waals surface area contributed by atoms with Crippen LogP contribution >= 0.6 is 35.3 Å². The highest BCUT2D eigenvalue weighted by molar-refractivity contribution is 14.0. The van der Waals surface area contributed by atoms with E-state index in [1.807, 2.05) is 0 Å². The first-order valence-corrected chi connectivity index (χ1v) is 11.8. The Kier molecular flexibility index (Phi) is 11.0. The Morgan fingerprint density at radius 1 is 1.24 bits per heavy atom. The number of methoxy groups -OCH3 is 1. The van der Waals surface area contributed by atoms with Crippen molar-refractivity contribution in [3.8, 4) is 0 Å². The Morgan fingerprint density at radius 3 is 2.69 bits per heavy atom. The fourth-order valence-corrected chi connectivity index (χ4v) is 5.21. The van der Waals surface area contributed by atoms with Crippen LogP contribution < -0.4 is 15.5 Å². The molecule has 0 aromatic carbocycles. The summed E-state index contributed by atoms with van der Waals surface area (Å²) >= 11 is 1.78. The van der Waals surface area contributed by atoms with Crippen LogP contribution in [0.1, 0.15) is 57.6 Å². The van der Waals surface area contributed by atoms with Crippen molar-refractivity contribution < 1.29 is 4.74 Å². The number of ether oxygens (including phenoxy) is 1. The summed E-state index contributed by atoms with van der Waals surface area (Å²) in [5.41, 5.74) is 1.51. The lowest BCUT2D eigenvalue weighted by atomic mass is 9.83. The van der Waals surface area contributed by atoms with Crippen molar-refractivity contribution in [1.29, 1.82) is 0 Å². The fraction of sp³-hybridized carbons (Fsp3) is 0.810. The maximum atomic E-state index is 5.35. The van der Waals surface area contributed by atoms with Gasteiger partial charge in [-0.25, -0.2) is 4.98 Å². The first-order valence-electron chi connectivity index (χ1n) is 11.0. The van der Waals surface area contributed by atoms with E-state index in [9.17, 15) is 0 Å². The summed E-state index contributed by atoms with van der Waals surface area (Å²) < 4.78 is 5.35. The van der Waals surface area contributed by atoms with Crippen molar-refractivity contribution in [3.05, 3.63) is 11.1 Å². The molecular weight excluding hydrogens is 497 g/mol. The molecule has 0 atom stereocenters. The first-order chi connectivity index (χ1) is 13.7. The lowest BCUT2D eigenvalue weighted by Gasteiger charge is -2.27. The Morgan fingerprint density at radius 2 is 2.00 bits per heavy atom. The van der Waals surface area contributed by atoms with Gasteiger partial charge >= 0.3 is 0 Å². The molecule has 6 nitrogen and oxygen atoms in total. The summed E-state index contributed by atoms with van der Waals surface area (Å²) in [6.07, 6.45) is 9.84. The minimum absolute atomic E-state index is 0. The van der Waals surface area contributed by atoms with E-state index in [0.717, 1.165) is 58.1 Å². The highest BCUT2D eigenvalue weighted by Crippen LogP contribution is 2.41. The summed E-state index contributed by atoms with van der Waals surface area (Å²) in [5, 5.41) is 10.3. The number of aliphatic imine (C=N–C) groups is 1. The molecule has 0 amide bonds. The monoisotopic (exact) mass is 535 g/mol. The third kappa shape index (κ3) is 7.54. The van der Waals surface area contributed by atoms with Gasteiger partial charge in [-0.3, -0.25) is 4.99 Å². The SMILES string of the molecule is CCNC(=NCC1(CCOC)CCCC1)NCCc1csc(N2CCCC2)n1.I. The Hall–Kier alpha value is -0.610. The molecule has 166 valence electrons.